The number of aliphatic carboxylic acids is 2. The fraction of sp³-hybridized carbons (Fsp3) is 0.476. The summed E-state index contributed by atoms with van der Waals surface area (Å²) in [5.41, 5.74) is -0.132. The normalized spacial score (nSPS) is 20.7. The van der Waals surface area contributed by atoms with Gasteiger partial charge in [-0.1, -0.05) is 12.1 Å². The molecule has 0 aliphatic carbocycles. The first-order chi connectivity index (χ1) is 14.6. The van der Waals surface area contributed by atoms with Crippen molar-refractivity contribution >= 4 is 23.3 Å². The Bertz CT molecular complexity index is 924. The highest BCUT2D eigenvalue weighted by Gasteiger charge is 2.46. The van der Waals surface area contributed by atoms with E-state index in [1.807, 2.05) is 0 Å². The predicted octanol–water partition coefficient (Wildman–Crippen LogP) is 3.02. The standard InChI is InChI=1S/C21H26N2O8/c1-5-30-11(3)18-16(20(24)25)15(13-8-7-9-14(10-13)23(28)29)17(21(26)27)19(22-18)12(4)31-6-2/h7-12,15-16H,5-6H2,1-4H3,(H,24,25)(H,26,27). The number of non-ortho nitro benzene ring substituents is 1. The summed E-state index contributed by atoms with van der Waals surface area (Å²) >= 11 is 0. The number of carbonyl (C=O) groups is 2. The molecule has 0 fully saturated rings. The molecule has 2 N–H and O–H groups in total. The summed E-state index contributed by atoms with van der Waals surface area (Å²) in [6, 6.07) is 5.33. The van der Waals surface area contributed by atoms with Crippen LogP contribution in [0, 0.1) is 16.0 Å². The molecule has 2 rings (SSSR count). The molecule has 0 saturated heterocycles. The van der Waals surface area contributed by atoms with Gasteiger partial charge >= 0.3 is 11.9 Å². The van der Waals surface area contributed by atoms with E-state index in [9.17, 15) is 29.9 Å². The number of ether oxygens (including phenoxy) is 2. The fourth-order valence-electron chi connectivity index (χ4n) is 3.79. The van der Waals surface area contributed by atoms with E-state index in [2.05, 4.69) is 4.99 Å². The first kappa shape index (κ1) is 24.2. The molecule has 0 aromatic heterocycles. The van der Waals surface area contributed by atoms with Crippen molar-refractivity contribution in [3.63, 3.8) is 0 Å². The highest BCUT2D eigenvalue weighted by molar-refractivity contribution is 6.09. The molecule has 0 spiro atoms. The molecule has 10 heteroatoms. The number of hydrogen-bond donors (Lipinski definition) is 2. The summed E-state index contributed by atoms with van der Waals surface area (Å²) < 4.78 is 11.1. The van der Waals surface area contributed by atoms with Crippen molar-refractivity contribution in [2.24, 2.45) is 10.9 Å². The topological polar surface area (TPSA) is 149 Å². The van der Waals surface area contributed by atoms with Gasteiger partial charge in [0.1, 0.15) is 5.92 Å². The smallest absolute Gasteiger partial charge is 0.334 e. The van der Waals surface area contributed by atoms with Crippen LogP contribution in [-0.4, -0.2) is 58.2 Å². The molecular formula is C21H26N2O8. The molecule has 1 heterocycles. The van der Waals surface area contributed by atoms with E-state index < -0.39 is 40.9 Å². The number of nitro benzene ring substituents is 1. The summed E-state index contributed by atoms with van der Waals surface area (Å²) in [6.07, 6.45) is -1.46. The predicted molar refractivity (Wildman–Crippen MR) is 111 cm³/mol. The number of hydrogen-bond acceptors (Lipinski definition) is 7. The Morgan fingerprint density at radius 1 is 1.16 bits per heavy atom. The molecule has 0 amide bonds. The van der Waals surface area contributed by atoms with Gasteiger partial charge in [0.25, 0.3) is 5.69 Å². The second kappa shape index (κ2) is 10.3. The zero-order valence-corrected chi connectivity index (χ0v) is 17.8. The number of carboxylic acid groups (broad SMARTS) is 2. The molecular weight excluding hydrogens is 408 g/mol. The molecule has 1 aromatic rings. The molecule has 4 unspecified atom stereocenters. The van der Waals surface area contributed by atoms with E-state index in [1.54, 1.807) is 27.7 Å². The van der Waals surface area contributed by atoms with Crippen LogP contribution in [0.3, 0.4) is 0 Å². The van der Waals surface area contributed by atoms with Crippen LogP contribution in [0.15, 0.2) is 40.5 Å². The Labute approximate surface area is 179 Å². The van der Waals surface area contributed by atoms with Crippen LogP contribution in [0.4, 0.5) is 5.69 Å². The summed E-state index contributed by atoms with van der Waals surface area (Å²) in [5.74, 6) is -5.27. The van der Waals surface area contributed by atoms with Crippen LogP contribution in [0.5, 0.6) is 0 Å². The monoisotopic (exact) mass is 434 g/mol. The second-order valence-electron chi connectivity index (χ2n) is 6.98. The Morgan fingerprint density at radius 3 is 2.29 bits per heavy atom. The summed E-state index contributed by atoms with van der Waals surface area (Å²) in [5, 5.41) is 31.3. The van der Waals surface area contributed by atoms with Gasteiger partial charge in [0, 0.05) is 31.3 Å². The first-order valence-corrected chi connectivity index (χ1v) is 9.90. The van der Waals surface area contributed by atoms with E-state index >= 15 is 0 Å². The van der Waals surface area contributed by atoms with Crippen molar-refractivity contribution in [1.29, 1.82) is 0 Å². The lowest BCUT2D eigenvalue weighted by Gasteiger charge is -2.34. The minimum atomic E-state index is -1.38. The van der Waals surface area contributed by atoms with Crippen LogP contribution in [0.25, 0.3) is 0 Å². The first-order valence-electron chi connectivity index (χ1n) is 9.90. The number of benzene rings is 1. The Hall–Kier alpha value is -3.11. The van der Waals surface area contributed by atoms with Gasteiger partial charge in [0.15, 0.2) is 0 Å². The molecule has 31 heavy (non-hydrogen) atoms. The summed E-state index contributed by atoms with van der Waals surface area (Å²) in [4.78, 5) is 39.7. The van der Waals surface area contributed by atoms with Gasteiger partial charge < -0.3 is 19.7 Å². The van der Waals surface area contributed by atoms with E-state index in [4.69, 9.17) is 9.47 Å². The van der Waals surface area contributed by atoms with E-state index in [-0.39, 0.29) is 34.8 Å². The number of nitrogens with zero attached hydrogens (tertiary/aromatic N) is 2. The Morgan fingerprint density at radius 2 is 1.77 bits per heavy atom. The third kappa shape index (κ3) is 5.15. The van der Waals surface area contributed by atoms with Crippen molar-refractivity contribution in [3.8, 4) is 0 Å². The minimum Gasteiger partial charge on any atom is -0.481 e. The lowest BCUT2D eigenvalue weighted by Crippen LogP contribution is -2.42. The number of rotatable bonds is 10. The van der Waals surface area contributed by atoms with Crippen molar-refractivity contribution < 1.29 is 34.2 Å². The van der Waals surface area contributed by atoms with Crippen molar-refractivity contribution in [3.05, 3.63) is 51.2 Å². The van der Waals surface area contributed by atoms with Gasteiger partial charge in [-0.05, 0) is 33.3 Å². The lowest BCUT2D eigenvalue weighted by molar-refractivity contribution is -0.384. The third-order valence-electron chi connectivity index (χ3n) is 5.06. The maximum atomic E-state index is 12.3. The molecule has 1 aromatic carbocycles. The molecule has 1 aliphatic heterocycles. The number of aliphatic imine (C=N–C) groups is 1. The number of carboxylic acids is 2. The molecule has 0 bridgehead atoms. The Kier molecular flexibility index (Phi) is 8.01. The van der Waals surface area contributed by atoms with Crippen LogP contribution in [0.2, 0.25) is 0 Å². The average Bonchev–Trinajstić information content (AvgIpc) is 2.72. The van der Waals surface area contributed by atoms with Gasteiger partial charge in [-0.2, -0.15) is 0 Å². The van der Waals surface area contributed by atoms with Gasteiger partial charge in [-0.25, -0.2) is 4.79 Å². The maximum absolute atomic E-state index is 12.3. The van der Waals surface area contributed by atoms with Gasteiger partial charge in [-0.15, -0.1) is 0 Å². The second-order valence-corrected chi connectivity index (χ2v) is 6.98. The van der Waals surface area contributed by atoms with Crippen molar-refractivity contribution in [2.45, 2.75) is 45.8 Å². The minimum absolute atomic E-state index is 0.0740. The van der Waals surface area contributed by atoms with Crippen LogP contribution in [0.1, 0.15) is 39.2 Å². The molecule has 0 saturated carbocycles. The quantitative estimate of drug-likeness (QED) is 0.422. The summed E-state index contributed by atoms with van der Waals surface area (Å²) in [7, 11) is 0. The highest BCUT2D eigenvalue weighted by atomic mass is 16.6. The maximum Gasteiger partial charge on any atom is 0.334 e. The van der Waals surface area contributed by atoms with Gasteiger partial charge in [0.05, 0.1) is 34.1 Å². The van der Waals surface area contributed by atoms with Crippen LogP contribution < -0.4 is 0 Å². The van der Waals surface area contributed by atoms with Gasteiger partial charge in [-0.3, -0.25) is 19.9 Å². The van der Waals surface area contributed by atoms with Crippen LogP contribution >= 0.6 is 0 Å². The fourth-order valence-corrected chi connectivity index (χ4v) is 3.79. The van der Waals surface area contributed by atoms with Gasteiger partial charge in [0.2, 0.25) is 0 Å². The summed E-state index contributed by atoms with van der Waals surface area (Å²) in [6.45, 7) is 7.33. The SMILES string of the molecule is CCOC(C)C1=NC(C(C)OCC)=C(C(=O)O)C(c2cccc([N+](=O)[O-])c2)C1C(=O)O. The van der Waals surface area contributed by atoms with E-state index in [0.29, 0.717) is 6.61 Å². The molecule has 0 radical (unpaired) electrons. The Balaban J connectivity index is 2.85. The van der Waals surface area contributed by atoms with Crippen molar-refractivity contribution in [1.82, 2.24) is 0 Å². The lowest BCUT2D eigenvalue weighted by atomic mass is 9.73. The molecule has 10 nitrogen and oxygen atoms in total. The highest BCUT2D eigenvalue weighted by Crippen LogP contribution is 2.42. The zero-order valence-electron chi connectivity index (χ0n) is 17.8. The molecule has 4 atom stereocenters. The molecule has 1 aliphatic rings. The molecule has 168 valence electrons. The van der Waals surface area contributed by atoms with E-state index in [0.717, 1.165) is 0 Å². The zero-order chi connectivity index (χ0) is 23.3. The number of nitro groups is 1. The van der Waals surface area contributed by atoms with E-state index in [1.165, 1.54) is 24.3 Å². The van der Waals surface area contributed by atoms with Crippen molar-refractivity contribution in [2.75, 3.05) is 13.2 Å². The van der Waals surface area contributed by atoms with Crippen LogP contribution in [-0.2, 0) is 19.1 Å². The average molecular weight is 434 g/mol. The third-order valence-corrected chi connectivity index (χ3v) is 5.06. The largest absolute Gasteiger partial charge is 0.481 e.